The van der Waals surface area contributed by atoms with E-state index < -0.39 is 0 Å². The molecule has 2 heteroatoms. The molecule has 0 aliphatic heterocycles. The number of ether oxygens (including phenoxy) is 1. The topological polar surface area (TPSA) is 21.3 Å². The van der Waals surface area contributed by atoms with Crippen LogP contribution in [0, 0.1) is 0 Å². The highest BCUT2D eigenvalue weighted by molar-refractivity contribution is 5.29. The zero-order chi connectivity index (χ0) is 15.2. The molecule has 112 valence electrons. The van der Waals surface area contributed by atoms with Crippen molar-refractivity contribution in [1.29, 1.82) is 0 Å². The minimum Gasteiger partial charge on any atom is -0.497 e. The Balaban J connectivity index is 1.96. The Kier molecular flexibility index (Phi) is 5.40. The van der Waals surface area contributed by atoms with Gasteiger partial charge in [0.25, 0.3) is 0 Å². The summed E-state index contributed by atoms with van der Waals surface area (Å²) < 4.78 is 5.25. The largest absolute Gasteiger partial charge is 0.497 e. The van der Waals surface area contributed by atoms with Crippen molar-refractivity contribution in [2.75, 3.05) is 7.11 Å². The van der Waals surface area contributed by atoms with Gasteiger partial charge < -0.3 is 10.1 Å². The molecular weight excluding hydrogens is 258 g/mol. The molecule has 0 fully saturated rings. The summed E-state index contributed by atoms with van der Waals surface area (Å²) in [6.45, 7) is 7.48. The van der Waals surface area contributed by atoms with E-state index in [-0.39, 0.29) is 0 Å². The molecule has 0 aliphatic carbocycles. The van der Waals surface area contributed by atoms with Gasteiger partial charge in [0.2, 0.25) is 0 Å². The Hall–Kier alpha value is -1.80. The summed E-state index contributed by atoms with van der Waals surface area (Å²) in [5.74, 6) is 1.49. The first kappa shape index (κ1) is 15.6. The fourth-order valence-corrected chi connectivity index (χ4v) is 2.34. The molecule has 0 aliphatic rings. The lowest BCUT2D eigenvalue weighted by molar-refractivity contribution is 0.414. The lowest BCUT2D eigenvalue weighted by Gasteiger charge is -2.16. The molecule has 0 radical (unpaired) electrons. The van der Waals surface area contributed by atoms with E-state index in [0.717, 1.165) is 12.3 Å². The minimum atomic E-state index is 0.331. The Morgan fingerprint density at radius 3 is 2.24 bits per heavy atom. The van der Waals surface area contributed by atoms with Gasteiger partial charge in [0.1, 0.15) is 5.75 Å². The molecule has 2 aromatic rings. The molecule has 2 nitrogen and oxygen atoms in total. The molecule has 1 N–H and O–H groups in total. The lowest BCUT2D eigenvalue weighted by atomic mass is 9.99. The summed E-state index contributed by atoms with van der Waals surface area (Å²) in [6.07, 6.45) is 0. The van der Waals surface area contributed by atoms with E-state index in [4.69, 9.17) is 4.74 Å². The van der Waals surface area contributed by atoms with Gasteiger partial charge in [-0.2, -0.15) is 0 Å². The van der Waals surface area contributed by atoms with Crippen molar-refractivity contribution in [3.8, 4) is 5.75 Å². The SMILES string of the molecule is COc1cccc(CNC(C)c2ccc(C(C)C)cc2)c1. The normalized spacial score (nSPS) is 12.4. The summed E-state index contributed by atoms with van der Waals surface area (Å²) in [5, 5.41) is 3.56. The standard InChI is InChI=1S/C19H25NO/c1-14(2)17-8-10-18(11-9-17)15(3)20-13-16-6-5-7-19(12-16)21-4/h5-12,14-15,20H,13H2,1-4H3. The maximum Gasteiger partial charge on any atom is 0.119 e. The van der Waals surface area contributed by atoms with Gasteiger partial charge in [0, 0.05) is 12.6 Å². The maximum atomic E-state index is 5.25. The monoisotopic (exact) mass is 283 g/mol. The van der Waals surface area contributed by atoms with Crippen molar-refractivity contribution < 1.29 is 4.74 Å². The van der Waals surface area contributed by atoms with E-state index in [1.165, 1.54) is 16.7 Å². The summed E-state index contributed by atoms with van der Waals surface area (Å²) in [5.41, 5.74) is 3.95. The van der Waals surface area contributed by atoms with Crippen LogP contribution in [0.4, 0.5) is 0 Å². The van der Waals surface area contributed by atoms with Gasteiger partial charge in [0.05, 0.1) is 7.11 Å². The quantitative estimate of drug-likeness (QED) is 0.832. The van der Waals surface area contributed by atoms with Crippen LogP contribution in [-0.4, -0.2) is 7.11 Å². The number of hydrogen-bond acceptors (Lipinski definition) is 2. The lowest BCUT2D eigenvalue weighted by Crippen LogP contribution is -2.18. The Morgan fingerprint density at radius 2 is 1.62 bits per heavy atom. The molecule has 2 rings (SSSR count). The molecule has 0 heterocycles. The van der Waals surface area contributed by atoms with E-state index >= 15 is 0 Å². The number of rotatable bonds is 6. The Morgan fingerprint density at radius 1 is 0.952 bits per heavy atom. The molecule has 1 atom stereocenters. The van der Waals surface area contributed by atoms with Gasteiger partial charge in [-0.15, -0.1) is 0 Å². The zero-order valence-corrected chi connectivity index (χ0v) is 13.4. The van der Waals surface area contributed by atoms with Crippen molar-refractivity contribution in [3.63, 3.8) is 0 Å². The Labute approximate surface area is 128 Å². The van der Waals surface area contributed by atoms with E-state index in [9.17, 15) is 0 Å². The Bertz CT molecular complexity index is 560. The van der Waals surface area contributed by atoms with Crippen molar-refractivity contribution in [2.24, 2.45) is 0 Å². The average molecular weight is 283 g/mol. The van der Waals surface area contributed by atoms with Crippen LogP contribution in [0.5, 0.6) is 5.75 Å². The predicted molar refractivity (Wildman–Crippen MR) is 88.8 cm³/mol. The summed E-state index contributed by atoms with van der Waals surface area (Å²) in [4.78, 5) is 0. The van der Waals surface area contributed by atoms with Gasteiger partial charge in [-0.3, -0.25) is 0 Å². The van der Waals surface area contributed by atoms with E-state index in [2.05, 4.69) is 62.5 Å². The van der Waals surface area contributed by atoms with Crippen molar-refractivity contribution in [3.05, 3.63) is 65.2 Å². The first-order valence-electron chi connectivity index (χ1n) is 7.56. The van der Waals surface area contributed by atoms with Crippen LogP contribution < -0.4 is 10.1 Å². The molecule has 0 aromatic heterocycles. The predicted octanol–water partition coefficient (Wildman–Crippen LogP) is 4.67. The van der Waals surface area contributed by atoms with E-state index in [0.29, 0.717) is 12.0 Å². The summed E-state index contributed by atoms with van der Waals surface area (Å²) >= 11 is 0. The highest BCUT2D eigenvalue weighted by Gasteiger charge is 2.06. The molecule has 0 amide bonds. The number of nitrogens with one attached hydrogen (secondary N) is 1. The van der Waals surface area contributed by atoms with Crippen molar-refractivity contribution >= 4 is 0 Å². The third kappa shape index (κ3) is 4.33. The fraction of sp³-hybridized carbons (Fsp3) is 0.368. The second-order valence-corrected chi connectivity index (χ2v) is 5.78. The van der Waals surface area contributed by atoms with E-state index in [1.54, 1.807) is 7.11 Å². The third-order valence-electron chi connectivity index (χ3n) is 3.85. The highest BCUT2D eigenvalue weighted by Crippen LogP contribution is 2.19. The fourth-order valence-electron chi connectivity index (χ4n) is 2.34. The first-order valence-corrected chi connectivity index (χ1v) is 7.56. The zero-order valence-electron chi connectivity index (χ0n) is 13.4. The molecular formula is C19H25NO. The molecule has 0 spiro atoms. The van der Waals surface area contributed by atoms with Crippen LogP contribution in [0.3, 0.4) is 0 Å². The number of hydrogen-bond donors (Lipinski definition) is 1. The van der Waals surface area contributed by atoms with Gasteiger partial charge in [-0.05, 0) is 41.7 Å². The van der Waals surface area contributed by atoms with E-state index in [1.807, 2.05) is 12.1 Å². The molecule has 0 saturated carbocycles. The second kappa shape index (κ2) is 7.28. The molecule has 0 saturated heterocycles. The van der Waals surface area contributed by atoms with Gasteiger partial charge in [-0.25, -0.2) is 0 Å². The van der Waals surface area contributed by atoms with Crippen LogP contribution in [0.25, 0.3) is 0 Å². The molecule has 2 aromatic carbocycles. The molecule has 1 unspecified atom stereocenters. The second-order valence-electron chi connectivity index (χ2n) is 5.78. The average Bonchev–Trinajstić information content (AvgIpc) is 2.53. The summed E-state index contributed by atoms with van der Waals surface area (Å²) in [7, 11) is 1.70. The molecule has 21 heavy (non-hydrogen) atoms. The van der Waals surface area contributed by atoms with Crippen LogP contribution in [0.1, 0.15) is 49.4 Å². The summed E-state index contributed by atoms with van der Waals surface area (Å²) in [6, 6.07) is 17.4. The van der Waals surface area contributed by atoms with Gasteiger partial charge in [0.15, 0.2) is 0 Å². The molecule has 0 bridgehead atoms. The number of benzene rings is 2. The third-order valence-corrected chi connectivity index (χ3v) is 3.85. The van der Waals surface area contributed by atoms with Crippen LogP contribution in [0.15, 0.2) is 48.5 Å². The van der Waals surface area contributed by atoms with Crippen LogP contribution in [0.2, 0.25) is 0 Å². The highest BCUT2D eigenvalue weighted by atomic mass is 16.5. The van der Waals surface area contributed by atoms with Crippen LogP contribution in [-0.2, 0) is 6.54 Å². The minimum absolute atomic E-state index is 0.331. The van der Waals surface area contributed by atoms with Crippen molar-refractivity contribution in [1.82, 2.24) is 5.32 Å². The van der Waals surface area contributed by atoms with Crippen molar-refractivity contribution in [2.45, 2.75) is 39.3 Å². The van der Waals surface area contributed by atoms with Gasteiger partial charge >= 0.3 is 0 Å². The first-order chi connectivity index (χ1) is 10.1. The number of methoxy groups -OCH3 is 1. The smallest absolute Gasteiger partial charge is 0.119 e. The maximum absolute atomic E-state index is 5.25. The van der Waals surface area contributed by atoms with Gasteiger partial charge in [-0.1, -0.05) is 50.2 Å². The van der Waals surface area contributed by atoms with Crippen LogP contribution >= 0.6 is 0 Å².